The number of carbonyl (C=O) groups excluding carboxylic acids is 1. The molecule has 0 saturated carbocycles. The number of carbonyl (C=O) groups is 1. The van der Waals surface area contributed by atoms with Gasteiger partial charge in [0.15, 0.2) is 0 Å². The second-order valence-electron chi connectivity index (χ2n) is 5.04. The molecule has 1 aromatic carbocycles. The van der Waals surface area contributed by atoms with Crippen LogP contribution < -0.4 is 10.6 Å². The molecule has 2 N–H and O–H groups in total. The molecule has 3 rings (SSSR count). The van der Waals surface area contributed by atoms with Crippen molar-refractivity contribution in [1.82, 2.24) is 19.9 Å². The van der Waals surface area contributed by atoms with Gasteiger partial charge in [0.1, 0.15) is 11.6 Å². The van der Waals surface area contributed by atoms with Crippen molar-refractivity contribution in [2.24, 2.45) is 0 Å². The average Bonchev–Trinajstić information content (AvgIpc) is 3.01. The smallest absolute Gasteiger partial charge is 0.319 e. The number of nitrogens with zero attached hydrogens (tertiary/aromatic N) is 3. The Morgan fingerprint density at radius 1 is 1.13 bits per heavy atom. The summed E-state index contributed by atoms with van der Waals surface area (Å²) >= 11 is 0. The zero-order valence-electron chi connectivity index (χ0n) is 12.7. The van der Waals surface area contributed by atoms with Gasteiger partial charge in [-0.25, -0.2) is 14.8 Å². The van der Waals surface area contributed by atoms with Crippen LogP contribution >= 0.6 is 0 Å². The molecule has 0 aliphatic rings. The molecule has 0 aliphatic heterocycles. The predicted octanol–water partition coefficient (Wildman–Crippen LogP) is 2.90. The van der Waals surface area contributed by atoms with Crippen molar-refractivity contribution in [3.63, 3.8) is 0 Å². The second-order valence-corrected chi connectivity index (χ2v) is 5.04. The molecule has 6 heteroatoms. The molecule has 0 unspecified atom stereocenters. The van der Waals surface area contributed by atoms with Crippen LogP contribution in [0.2, 0.25) is 0 Å². The van der Waals surface area contributed by atoms with Crippen LogP contribution in [0.25, 0.3) is 5.82 Å². The van der Waals surface area contributed by atoms with E-state index < -0.39 is 0 Å². The lowest BCUT2D eigenvalue weighted by Gasteiger charge is -2.09. The van der Waals surface area contributed by atoms with E-state index in [0.29, 0.717) is 12.2 Å². The third-order valence-electron chi connectivity index (χ3n) is 3.37. The van der Waals surface area contributed by atoms with Gasteiger partial charge in [0, 0.05) is 18.9 Å². The Bertz CT molecular complexity index is 780. The van der Waals surface area contributed by atoms with E-state index in [9.17, 15) is 4.79 Å². The number of nitrogens with one attached hydrogen (secondary N) is 2. The van der Waals surface area contributed by atoms with Gasteiger partial charge in [0.05, 0.1) is 11.9 Å². The van der Waals surface area contributed by atoms with Crippen LogP contribution in [0, 0.1) is 6.92 Å². The molecular weight excluding hydrogens is 290 g/mol. The number of imidazole rings is 1. The van der Waals surface area contributed by atoms with Crippen LogP contribution in [0.3, 0.4) is 0 Å². The van der Waals surface area contributed by atoms with Gasteiger partial charge in [-0.2, -0.15) is 0 Å². The largest absolute Gasteiger partial charge is 0.334 e. The van der Waals surface area contributed by atoms with E-state index in [-0.39, 0.29) is 6.03 Å². The Balaban J connectivity index is 1.58. The molecule has 0 fully saturated rings. The first kappa shape index (κ1) is 14.8. The van der Waals surface area contributed by atoms with Crippen molar-refractivity contribution in [2.75, 3.05) is 5.32 Å². The van der Waals surface area contributed by atoms with Crippen LogP contribution in [-0.2, 0) is 6.54 Å². The van der Waals surface area contributed by atoms with Gasteiger partial charge in [0.2, 0.25) is 0 Å². The fourth-order valence-corrected chi connectivity index (χ4v) is 2.18. The number of hydrogen-bond acceptors (Lipinski definition) is 3. The highest BCUT2D eigenvalue weighted by Crippen LogP contribution is 2.11. The maximum atomic E-state index is 11.9. The van der Waals surface area contributed by atoms with Gasteiger partial charge in [-0.15, -0.1) is 0 Å². The number of benzene rings is 1. The topological polar surface area (TPSA) is 71.8 Å². The van der Waals surface area contributed by atoms with Crippen LogP contribution in [0.4, 0.5) is 10.5 Å². The molecule has 2 amide bonds. The highest BCUT2D eigenvalue weighted by molar-refractivity contribution is 5.89. The molecule has 116 valence electrons. The molecule has 2 aromatic heterocycles. The number of urea groups is 1. The summed E-state index contributed by atoms with van der Waals surface area (Å²) in [4.78, 5) is 20.4. The summed E-state index contributed by atoms with van der Waals surface area (Å²) in [5.74, 6) is 1.62. The Labute approximate surface area is 134 Å². The Hall–Kier alpha value is -3.15. The van der Waals surface area contributed by atoms with Crippen molar-refractivity contribution in [2.45, 2.75) is 13.5 Å². The molecule has 0 atom stereocenters. The molecule has 3 aromatic rings. The van der Waals surface area contributed by atoms with Gasteiger partial charge in [-0.3, -0.25) is 4.57 Å². The number of hydrogen-bond donors (Lipinski definition) is 2. The maximum Gasteiger partial charge on any atom is 0.319 e. The van der Waals surface area contributed by atoms with E-state index in [4.69, 9.17) is 0 Å². The average molecular weight is 307 g/mol. The summed E-state index contributed by atoms with van der Waals surface area (Å²) in [5.41, 5.74) is 1.68. The number of amides is 2. The molecule has 0 aliphatic carbocycles. The minimum absolute atomic E-state index is 0.262. The third-order valence-corrected chi connectivity index (χ3v) is 3.37. The van der Waals surface area contributed by atoms with Crippen LogP contribution in [0.5, 0.6) is 0 Å². The zero-order valence-corrected chi connectivity index (χ0v) is 12.7. The molecule has 23 heavy (non-hydrogen) atoms. The van der Waals surface area contributed by atoms with Gasteiger partial charge in [0.25, 0.3) is 0 Å². The second kappa shape index (κ2) is 6.74. The summed E-state index contributed by atoms with van der Waals surface area (Å²) in [6, 6.07) is 13.1. The first-order chi connectivity index (χ1) is 11.2. The van der Waals surface area contributed by atoms with E-state index in [1.165, 1.54) is 0 Å². The first-order valence-electron chi connectivity index (χ1n) is 7.27. The van der Waals surface area contributed by atoms with Crippen LogP contribution in [0.15, 0.2) is 61.1 Å². The normalized spacial score (nSPS) is 10.3. The SMILES string of the molecule is Cc1nccn1-c1ccc(NC(=O)NCc2ccccc2)cn1. The Morgan fingerprint density at radius 2 is 1.96 bits per heavy atom. The number of aryl methyl sites for hydroxylation is 1. The van der Waals surface area contributed by atoms with Gasteiger partial charge >= 0.3 is 6.03 Å². The Morgan fingerprint density at radius 3 is 2.61 bits per heavy atom. The molecule has 0 spiro atoms. The molecule has 2 heterocycles. The lowest BCUT2D eigenvalue weighted by molar-refractivity contribution is 0.251. The minimum atomic E-state index is -0.262. The predicted molar refractivity (Wildman–Crippen MR) is 88.4 cm³/mol. The first-order valence-corrected chi connectivity index (χ1v) is 7.27. The van der Waals surface area contributed by atoms with E-state index in [1.54, 1.807) is 12.4 Å². The monoisotopic (exact) mass is 307 g/mol. The summed E-state index contributed by atoms with van der Waals surface area (Å²) in [6.45, 7) is 2.39. The molecule has 6 nitrogen and oxygen atoms in total. The number of aromatic nitrogens is 3. The standard InChI is InChI=1S/C17H17N5O/c1-13-18-9-10-22(13)16-8-7-15(12-19-16)21-17(23)20-11-14-5-3-2-4-6-14/h2-10,12H,11H2,1H3,(H2,20,21,23). The zero-order chi connectivity index (χ0) is 16.1. The van der Waals surface area contributed by atoms with Crippen molar-refractivity contribution in [3.8, 4) is 5.82 Å². The third kappa shape index (κ3) is 3.74. The highest BCUT2D eigenvalue weighted by atomic mass is 16.2. The molecule has 0 radical (unpaired) electrons. The van der Waals surface area contributed by atoms with Gasteiger partial charge in [-0.1, -0.05) is 30.3 Å². The molecule has 0 saturated heterocycles. The van der Waals surface area contributed by atoms with Crippen molar-refractivity contribution < 1.29 is 4.79 Å². The maximum absolute atomic E-state index is 11.9. The van der Waals surface area contributed by atoms with Crippen molar-refractivity contribution in [1.29, 1.82) is 0 Å². The van der Waals surface area contributed by atoms with Gasteiger partial charge in [-0.05, 0) is 24.6 Å². The summed E-state index contributed by atoms with van der Waals surface area (Å²) in [6.07, 6.45) is 5.19. The van der Waals surface area contributed by atoms with E-state index in [1.807, 2.05) is 60.2 Å². The lowest BCUT2D eigenvalue weighted by atomic mass is 10.2. The van der Waals surface area contributed by atoms with Gasteiger partial charge < -0.3 is 10.6 Å². The Kier molecular flexibility index (Phi) is 4.33. The van der Waals surface area contributed by atoms with Crippen molar-refractivity contribution in [3.05, 3.63) is 72.4 Å². The van der Waals surface area contributed by atoms with Crippen molar-refractivity contribution >= 4 is 11.7 Å². The van der Waals surface area contributed by atoms with Crippen LogP contribution in [-0.4, -0.2) is 20.6 Å². The summed E-state index contributed by atoms with van der Waals surface area (Å²) in [7, 11) is 0. The van der Waals surface area contributed by atoms with E-state index in [2.05, 4.69) is 20.6 Å². The number of anilines is 1. The summed E-state index contributed by atoms with van der Waals surface area (Å²) in [5, 5.41) is 5.57. The lowest BCUT2D eigenvalue weighted by Crippen LogP contribution is -2.28. The molecule has 0 bridgehead atoms. The molecular formula is C17H17N5O. The van der Waals surface area contributed by atoms with Crippen LogP contribution in [0.1, 0.15) is 11.4 Å². The number of rotatable bonds is 4. The number of pyridine rings is 1. The fraction of sp³-hybridized carbons (Fsp3) is 0.118. The fourth-order valence-electron chi connectivity index (χ4n) is 2.18. The summed E-state index contributed by atoms with van der Waals surface area (Å²) < 4.78 is 1.87. The van der Waals surface area contributed by atoms with E-state index >= 15 is 0 Å². The minimum Gasteiger partial charge on any atom is -0.334 e. The van der Waals surface area contributed by atoms with E-state index in [0.717, 1.165) is 17.2 Å². The highest BCUT2D eigenvalue weighted by Gasteiger charge is 2.04. The quantitative estimate of drug-likeness (QED) is 0.778.